The molecule has 17 heavy (non-hydrogen) atoms. The van der Waals surface area contributed by atoms with Crippen LogP contribution < -0.4 is 10.1 Å². The van der Waals surface area contributed by atoms with Crippen molar-refractivity contribution in [2.45, 2.75) is 24.0 Å². The van der Waals surface area contributed by atoms with Crippen molar-refractivity contribution in [2.24, 2.45) is 0 Å². The lowest BCUT2D eigenvalue weighted by molar-refractivity contribution is 0.375. The largest absolute Gasteiger partial charge is 0.467 e. The molecule has 0 aromatic carbocycles. The molecule has 1 fully saturated rings. The zero-order valence-electron chi connectivity index (χ0n) is 9.99. The van der Waals surface area contributed by atoms with Crippen LogP contribution in [0.5, 0.6) is 6.01 Å². The number of nitrogens with one attached hydrogen (secondary N) is 1. The van der Waals surface area contributed by atoms with Crippen molar-refractivity contribution in [3.63, 3.8) is 0 Å². The number of aromatic nitrogens is 2. The monoisotopic (exact) mass is 273 g/mol. The average molecular weight is 274 g/mol. The predicted octanol–water partition coefficient (Wildman–Crippen LogP) is 2.84. The van der Waals surface area contributed by atoms with Crippen molar-refractivity contribution in [1.29, 1.82) is 0 Å². The summed E-state index contributed by atoms with van der Waals surface area (Å²) in [5, 5.41) is 3.83. The molecule has 1 aromatic heterocycles. The fourth-order valence-electron chi connectivity index (χ4n) is 1.84. The highest BCUT2D eigenvalue weighted by molar-refractivity contribution is 8.00. The van der Waals surface area contributed by atoms with Gasteiger partial charge in [-0.3, -0.25) is 0 Å². The van der Waals surface area contributed by atoms with Crippen LogP contribution in [-0.2, 0) is 0 Å². The molecule has 1 aromatic rings. The van der Waals surface area contributed by atoms with Gasteiger partial charge in [0.25, 0.3) is 0 Å². The summed E-state index contributed by atoms with van der Waals surface area (Å²) >= 11 is 7.95. The molecule has 0 amide bonds. The van der Waals surface area contributed by atoms with Gasteiger partial charge in [0.2, 0.25) is 0 Å². The van der Waals surface area contributed by atoms with Gasteiger partial charge in [-0.2, -0.15) is 16.7 Å². The standard InChI is InChI=1S/C11H16ClN3OS/c1-16-10-13-6-8(12)9(15-10)14-7-11(17-2)4-3-5-11/h6H,3-5,7H2,1-2H3,(H,13,14,15). The highest BCUT2D eigenvalue weighted by Crippen LogP contribution is 2.42. The van der Waals surface area contributed by atoms with Crippen LogP contribution in [0.25, 0.3) is 0 Å². The molecular formula is C11H16ClN3OS. The molecule has 0 radical (unpaired) electrons. The van der Waals surface area contributed by atoms with E-state index in [0.717, 1.165) is 6.54 Å². The Morgan fingerprint density at radius 3 is 2.88 bits per heavy atom. The number of methoxy groups -OCH3 is 1. The Labute approximate surface area is 111 Å². The van der Waals surface area contributed by atoms with E-state index in [1.165, 1.54) is 19.3 Å². The summed E-state index contributed by atoms with van der Waals surface area (Å²) in [5.74, 6) is 0.652. The SMILES string of the molecule is COc1ncc(Cl)c(NCC2(SC)CCC2)n1. The number of hydrogen-bond donors (Lipinski definition) is 1. The quantitative estimate of drug-likeness (QED) is 0.894. The van der Waals surface area contributed by atoms with Gasteiger partial charge in [-0.1, -0.05) is 18.0 Å². The van der Waals surface area contributed by atoms with Crippen molar-refractivity contribution >= 4 is 29.2 Å². The molecule has 0 aliphatic heterocycles. The number of hydrogen-bond acceptors (Lipinski definition) is 5. The van der Waals surface area contributed by atoms with Gasteiger partial charge < -0.3 is 10.1 Å². The first-order valence-corrected chi connectivity index (χ1v) is 7.15. The van der Waals surface area contributed by atoms with Crippen molar-refractivity contribution < 1.29 is 4.74 Å². The average Bonchev–Trinajstić information content (AvgIpc) is 2.30. The van der Waals surface area contributed by atoms with Crippen LogP contribution >= 0.6 is 23.4 Å². The van der Waals surface area contributed by atoms with Gasteiger partial charge in [-0.15, -0.1) is 0 Å². The van der Waals surface area contributed by atoms with E-state index < -0.39 is 0 Å². The lowest BCUT2D eigenvalue weighted by Crippen LogP contribution is -2.40. The van der Waals surface area contributed by atoms with E-state index >= 15 is 0 Å². The first kappa shape index (κ1) is 12.8. The molecule has 1 heterocycles. The van der Waals surface area contributed by atoms with Gasteiger partial charge in [0.05, 0.1) is 13.3 Å². The first-order valence-electron chi connectivity index (χ1n) is 5.55. The van der Waals surface area contributed by atoms with Crippen molar-refractivity contribution in [3.05, 3.63) is 11.2 Å². The summed E-state index contributed by atoms with van der Waals surface area (Å²) in [6.45, 7) is 0.883. The molecule has 0 spiro atoms. The van der Waals surface area contributed by atoms with E-state index in [9.17, 15) is 0 Å². The number of rotatable bonds is 5. The van der Waals surface area contributed by atoms with Crippen LogP contribution in [-0.4, -0.2) is 34.6 Å². The molecule has 1 saturated carbocycles. The zero-order chi connectivity index (χ0) is 12.3. The maximum Gasteiger partial charge on any atom is 0.318 e. The van der Waals surface area contributed by atoms with Crippen molar-refractivity contribution in [3.8, 4) is 6.01 Å². The second kappa shape index (κ2) is 5.31. The Morgan fingerprint density at radius 2 is 2.35 bits per heavy atom. The Morgan fingerprint density at radius 1 is 1.59 bits per heavy atom. The third-order valence-corrected chi connectivity index (χ3v) is 4.88. The predicted molar refractivity (Wildman–Crippen MR) is 72.2 cm³/mol. The summed E-state index contributed by atoms with van der Waals surface area (Å²) in [5.41, 5.74) is 0. The minimum absolute atomic E-state index is 0.337. The number of nitrogens with zero attached hydrogens (tertiary/aromatic N) is 2. The number of ether oxygens (including phenoxy) is 1. The molecule has 0 bridgehead atoms. The highest BCUT2D eigenvalue weighted by atomic mass is 35.5. The molecule has 0 atom stereocenters. The first-order chi connectivity index (χ1) is 8.19. The summed E-state index contributed by atoms with van der Waals surface area (Å²) < 4.78 is 5.33. The van der Waals surface area contributed by atoms with Crippen LogP contribution in [0.15, 0.2) is 6.20 Å². The molecular weight excluding hydrogens is 258 g/mol. The highest BCUT2D eigenvalue weighted by Gasteiger charge is 2.36. The molecule has 1 aliphatic carbocycles. The second-order valence-corrected chi connectivity index (χ2v) is 5.83. The molecule has 1 aliphatic rings. The van der Waals surface area contributed by atoms with E-state index in [1.807, 2.05) is 11.8 Å². The Hall–Kier alpha value is -0.680. The third-order valence-electron chi connectivity index (χ3n) is 3.18. The van der Waals surface area contributed by atoms with E-state index in [-0.39, 0.29) is 0 Å². The van der Waals surface area contributed by atoms with E-state index in [0.29, 0.717) is 21.6 Å². The summed E-state index contributed by atoms with van der Waals surface area (Å²) in [6.07, 6.45) is 7.52. The maximum atomic E-state index is 6.04. The van der Waals surface area contributed by atoms with E-state index in [2.05, 4.69) is 21.5 Å². The normalized spacial score (nSPS) is 17.4. The second-order valence-electron chi connectivity index (χ2n) is 4.15. The number of halogens is 1. The topological polar surface area (TPSA) is 47.0 Å². The van der Waals surface area contributed by atoms with Crippen LogP contribution in [0.4, 0.5) is 5.82 Å². The molecule has 4 nitrogen and oxygen atoms in total. The number of anilines is 1. The van der Waals surface area contributed by atoms with Gasteiger partial charge in [0.15, 0.2) is 5.82 Å². The van der Waals surface area contributed by atoms with Crippen molar-refractivity contribution in [1.82, 2.24) is 9.97 Å². The fourth-order valence-corrected chi connectivity index (χ4v) is 2.91. The number of thioether (sulfide) groups is 1. The summed E-state index contributed by atoms with van der Waals surface area (Å²) in [6, 6.07) is 0.337. The fraction of sp³-hybridized carbons (Fsp3) is 0.636. The molecule has 0 saturated heterocycles. The zero-order valence-corrected chi connectivity index (χ0v) is 11.6. The Balaban J connectivity index is 2.02. The van der Waals surface area contributed by atoms with Crippen molar-refractivity contribution in [2.75, 3.05) is 25.2 Å². The maximum absolute atomic E-state index is 6.04. The van der Waals surface area contributed by atoms with E-state index in [4.69, 9.17) is 16.3 Å². The summed E-state index contributed by atoms with van der Waals surface area (Å²) in [4.78, 5) is 8.15. The molecule has 94 valence electrons. The van der Waals surface area contributed by atoms with Gasteiger partial charge >= 0.3 is 6.01 Å². The minimum atomic E-state index is 0.337. The minimum Gasteiger partial charge on any atom is -0.467 e. The van der Waals surface area contributed by atoms with Crippen LogP contribution in [0.2, 0.25) is 5.02 Å². The molecule has 2 rings (SSSR count). The van der Waals surface area contributed by atoms with Crippen LogP contribution in [0.3, 0.4) is 0 Å². The van der Waals surface area contributed by atoms with E-state index in [1.54, 1.807) is 13.3 Å². The lowest BCUT2D eigenvalue weighted by atomic mass is 9.84. The van der Waals surface area contributed by atoms with Gasteiger partial charge in [0.1, 0.15) is 5.02 Å². The van der Waals surface area contributed by atoms with Gasteiger partial charge in [-0.05, 0) is 19.1 Å². The summed E-state index contributed by atoms with van der Waals surface area (Å²) in [7, 11) is 1.54. The van der Waals surface area contributed by atoms with Gasteiger partial charge in [0, 0.05) is 11.3 Å². The lowest BCUT2D eigenvalue weighted by Gasteiger charge is -2.40. The van der Waals surface area contributed by atoms with Crippen LogP contribution in [0.1, 0.15) is 19.3 Å². The van der Waals surface area contributed by atoms with Crippen LogP contribution in [0, 0.1) is 0 Å². The molecule has 1 N–H and O–H groups in total. The molecule has 6 heteroatoms. The third kappa shape index (κ3) is 2.77. The Bertz CT molecular complexity index is 393. The molecule has 0 unspecified atom stereocenters. The smallest absolute Gasteiger partial charge is 0.318 e. The Kier molecular flexibility index (Phi) is 3.99. The van der Waals surface area contributed by atoms with Gasteiger partial charge in [-0.25, -0.2) is 4.98 Å².